The van der Waals surface area contributed by atoms with Gasteiger partial charge in [0.15, 0.2) is 11.5 Å². The normalized spacial score (nSPS) is 26.8. The molecular weight excluding hydrogens is 152 g/mol. The van der Waals surface area contributed by atoms with Crippen molar-refractivity contribution in [3.8, 4) is 11.5 Å². The third-order valence-electron chi connectivity index (χ3n) is 2.14. The van der Waals surface area contributed by atoms with Crippen molar-refractivity contribution in [2.45, 2.75) is 26.1 Å². The van der Waals surface area contributed by atoms with E-state index in [-0.39, 0.29) is 12.2 Å². The van der Waals surface area contributed by atoms with E-state index >= 15 is 0 Å². The zero-order valence-corrected chi connectivity index (χ0v) is 7.28. The monoisotopic (exact) mass is 164 g/mol. The van der Waals surface area contributed by atoms with Gasteiger partial charge in [0.25, 0.3) is 0 Å². The van der Waals surface area contributed by atoms with E-state index in [2.05, 4.69) is 0 Å². The fourth-order valence-corrected chi connectivity index (χ4v) is 1.24. The van der Waals surface area contributed by atoms with Gasteiger partial charge in [0.2, 0.25) is 0 Å². The minimum absolute atomic E-state index is 0.139. The molecule has 12 heavy (non-hydrogen) atoms. The second-order valence-electron chi connectivity index (χ2n) is 3.09. The van der Waals surface area contributed by atoms with Crippen molar-refractivity contribution in [2.75, 3.05) is 0 Å². The fraction of sp³-hybridized carbons (Fsp3) is 0.400. The molecule has 0 fully saturated rings. The second-order valence-corrected chi connectivity index (χ2v) is 3.09. The van der Waals surface area contributed by atoms with Crippen LogP contribution >= 0.6 is 0 Å². The lowest BCUT2D eigenvalue weighted by Crippen LogP contribution is -2.34. The maximum absolute atomic E-state index is 5.62. The Morgan fingerprint density at radius 3 is 1.75 bits per heavy atom. The minimum Gasteiger partial charge on any atom is -0.483 e. The van der Waals surface area contributed by atoms with E-state index in [1.54, 1.807) is 0 Å². The van der Waals surface area contributed by atoms with Crippen molar-refractivity contribution in [3.63, 3.8) is 0 Å². The molecule has 1 aliphatic heterocycles. The Balaban J connectivity index is 2.34. The Hall–Kier alpha value is -1.18. The van der Waals surface area contributed by atoms with Gasteiger partial charge < -0.3 is 9.47 Å². The van der Waals surface area contributed by atoms with E-state index < -0.39 is 0 Å². The van der Waals surface area contributed by atoms with E-state index in [9.17, 15) is 0 Å². The average molecular weight is 164 g/mol. The van der Waals surface area contributed by atoms with Crippen LogP contribution in [-0.2, 0) is 0 Å². The molecule has 0 aliphatic carbocycles. The maximum atomic E-state index is 5.62. The maximum Gasteiger partial charge on any atom is 0.161 e. The third-order valence-corrected chi connectivity index (χ3v) is 2.14. The minimum atomic E-state index is 0.139. The summed E-state index contributed by atoms with van der Waals surface area (Å²) in [6.45, 7) is 4.03. The SMILES string of the molecule is C[C@@H]1Oc2ccccc2O[C@@H]1C. The molecule has 0 unspecified atom stereocenters. The van der Waals surface area contributed by atoms with Crippen molar-refractivity contribution in [1.82, 2.24) is 0 Å². The number of hydrogen-bond donors (Lipinski definition) is 0. The molecule has 0 radical (unpaired) electrons. The Labute approximate surface area is 72.1 Å². The highest BCUT2D eigenvalue weighted by molar-refractivity contribution is 5.40. The smallest absolute Gasteiger partial charge is 0.161 e. The first-order chi connectivity index (χ1) is 5.77. The Kier molecular flexibility index (Phi) is 1.68. The van der Waals surface area contributed by atoms with Gasteiger partial charge in [-0.25, -0.2) is 0 Å². The molecule has 0 saturated carbocycles. The summed E-state index contributed by atoms with van der Waals surface area (Å²) >= 11 is 0. The van der Waals surface area contributed by atoms with Crippen molar-refractivity contribution >= 4 is 0 Å². The Morgan fingerprint density at radius 2 is 1.33 bits per heavy atom. The lowest BCUT2D eigenvalue weighted by atomic mass is 10.2. The molecule has 1 aromatic carbocycles. The summed E-state index contributed by atoms with van der Waals surface area (Å²) in [5.74, 6) is 1.70. The van der Waals surface area contributed by atoms with Crippen molar-refractivity contribution in [2.24, 2.45) is 0 Å². The van der Waals surface area contributed by atoms with Crippen LogP contribution in [0.1, 0.15) is 13.8 Å². The first kappa shape index (κ1) is 7.47. The van der Waals surface area contributed by atoms with Gasteiger partial charge in [-0.2, -0.15) is 0 Å². The van der Waals surface area contributed by atoms with Crippen LogP contribution in [0.4, 0.5) is 0 Å². The largest absolute Gasteiger partial charge is 0.483 e. The van der Waals surface area contributed by atoms with Crippen LogP contribution in [-0.4, -0.2) is 12.2 Å². The quantitative estimate of drug-likeness (QED) is 0.585. The first-order valence-corrected chi connectivity index (χ1v) is 4.20. The zero-order valence-electron chi connectivity index (χ0n) is 7.28. The summed E-state index contributed by atoms with van der Waals surface area (Å²) in [6.07, 6.45) is 0.278. The summed E-state index contributed by atoms with van der Waals surface area (Å²) in [6, 6.07) is 7.76. The molecule has 0 saturated heterocycles. The highest BCUT2D eigenvalue weighted by atomic mass is 16.6. The molecule has 0 amide bonds. The van der Waals surface area contributed by atoms with Crippen molar-refractivity contribution in [3.05, 3.63) is 24.3 Å². The summed E-state index contributed by atoms with van der Waals surface area (Å²) in [7, 11) is 0. The van der Waals surface area contributed by atoms with Crippen LogP contribution < -0.4 is 9.47 Å². The molecule has 0 spiro atoms. The van der Waals surface area contributed by atoms with Crippen LogP contribution in [0.3, 0.4) is 0 Å². The van der Waals surface area contributed by atoms with Gasteiger partial charge in [-0.3, -0.25) is 0 Å². The third kappa shape index (κ3) is 1.13. The van der Waals surface area contributed by atoms with Crippen LogP contribution in [0, 0.1) is 0 Å². The van der Waals surface area contributed by atoms with E-state index in [1.165, 1.54) is 0 Å². The average Bonchev–Trinajstić information content (AvgIpc) is 2.07. The Bertz CT molecular complexity index is 254. The molecule has 64 valence electrons. The number of rotatable bonds is 0. The molecule has 0 N–H and O–H groups in total. The topological polar surface area (TPSA) is 18.5 Å². The zero-order chi connectivity index (χ0) is 8.55. The second kappa shape index (κ2) is 2.70. The van der Waals surface area contributed by atoms with Crippen LogP contribution in [0.25, 0.3) is 0 Å². The van der Waals surface area contributed by atoms with Crippen LogP contribution in [0.2, 0.25) is 0 Å². The molecule has 1 aliphatic rings. The molecule has 2 nitrogen and oxygen atoms in total. The van der Waals surface area contributed by atoms with E-state index in [0.29, 0.717) is 0 Å². The molecule has 2 rings (SSSR count). The van der Waals surface area contributed by atoms with Crippen LogP contribution in [0.5, 0.6) is 11.5 Å². The summed E-state index contributed by atoms with van der Waals surface area (Å²) < 4.78 is 11.2. The van der Waals surface area contributed by atoms with Gasteiger partial charge in [-0.05, 0) is 26.0 Å². The summed E-state index contributed by atoms with van der Waals surface area (Å²) in [5.41, 5.74) is 0. The molecule has 0 aromatic heterocycles. The highest BCUT2D eigenvalue weighted by Crippen LogP contribution is 2.32. The molecular formula is C10H12O2. The summed E-state index contributed by atoms with van der Waals surface area (Å²) in [5, 5.41) is 0. The van der Waals surface area contributed by atoms with Gasteiger partial charge in [-0.1, -0.05) is 12.1 Å². The predicted octanol–water partition coefficient (Wildman–Crippen LogP) is 2.23. The standard InChI is InChI=1S/C10H12O2/c1-7-8(2)12-10-6-4-3-5-9(10)11-7/h3-8H,1-2H3/t7-,8+. The lowest BCUT2D eigenvalue weighted by molar-refractivity contribution is 0.0430. The Morgan fingerprint density at radius 1 is 0.917 bits per heavy atom. The van der Waals surface area contributed by atoms with Gasteiger partial charge >= 0.3 is 0 Å². The van der Waals surface area contributed by atoms with Gasteiger partial charge in [0.05, 0.1) is 0 Å². The number of benzene rings is 1. The van der Waals surface area contributed by atoms with Gasteiger partial charge in [0.1, 0.15) is 12.2 Å². The fourth-order valence-electron chi connectivity index (χ4n) is 1.24. The van der Waals surface area contributed by atoms with Gasteiger partial charge in [-0.15, -0.1) is 0 Å². The molecule has 2 atom stereocenters. The predicted molar refractivity (Wildman–Crippen MR) is 46.6 cm³/mol. The summed E-state index contributed by atoms with van der Waals surface area (Å²) in [4.78, 5) is 0. The van der Waals surface area contributed by atoms with Gasteiger partial charge in [0, 0.05) is 0 Å². The van der Waals surface area contributed by atoms with Crippen molar-refractivity contribution < 1.29 is 9.47 Å². The number of para-hydroxylation sites is 2. The molecule has 0 bridgehead atoms. The number of hydrogen-bond acceptors (Lipinski definition) is 2. The highest BCUT2D eigenvalue weighted by Gasteiger charge is 2.23. The number of fused-ring (bicyclic) bond motifs is 1. The van der Waals surface area contributed by atoms with Crippen LogP contribution in [0.15, 0.2) is 24.3 Å². The van der Waals surface area contributed by atoms with E-state index in [1.807, 2.05) is 38.1 Å². The first-order valence-electron chi connectivity index (χ1n) is 4.20. The van der Waals surface area contributed by atoms with Crippen molar-refractivity contribution in [1.29, 1.82) is 0 Å². The van der Waals surface area contributed by atoms with E-state index in [0.717, 1.165) is 11.5 Å². The number of ether oxygens (including phenoxy) is 2. The molecule has 1 aromatic rings. The van der Waals surface area contributed by atoms with E-state index in [4.69, 9.17) is 9.47 Å². The molecule has 1 heterocycles. The lowest BCUT2D eigenvalue weighted by Gasteiger charge is -2.29. The molecule has 2 heteroatoms.